The first-order valence-corrected chi connectivity index (χ1v) is 7.01. The smallest absolute Gasteiger partial charge is 0.167 e. The molecule has 2 aromatic carbocycles. The number of halogens is 2. The molecular formula is C16H15BrFNO. The van der Waals surface area contributed by atoms with Crippen LogP contribution in [-0.2, 0) is 6.42 Å². The fraction of sp³-hybridized carbons (Fsp3) is 0.188. The normalized spacial score (nSPS) is 10.4. The number of anilines is 1. The molecule has 2 nitrogen and oxygen atoms in total. The van der Waals surface area contributed by atoms with Crippen LogP contribution in [0.4, 0.5) is 10.1 Å². The van der Waals surface area contributed by atoms with Crippen LogP contribution in [0.5, 0.6) is 0 Å². The molecule has 104 valence electrons. The average Bonchev–Trinajstić information content (AvgIpc) is 2.43. The molecule has 0 fully saturated rings. The summed E-state index contributed by atoms with van der Waals surface area (Å²) in [5.41, 5.74) is 2.33. The van der Waals surface area contributed by atoms with Gasteiger partial charge in [0.1, 0.15) is 5.82 Å². The highest BCUT2D eigenvalue weighted by Gasteiger charge is 2.10. The molecule has 2 aromatic rings. The van der Waals surface area contributed by atoms with Gasteiger partial charge in [0.25, 0.3) is 0 Å². The lowest BCUT2D eigenvalue weighted by atomic mass is 10.0. The number of nitrogens with zero attached hydrogens (tertiary/aromatic N) is 1. The Morgan fingerprint density at radius 2 is 1.80 bits per heavy atom. The molecule has 0 spiro atoms. The highest BCUT2D eigenvalue weighted by atomic mass is 79.9. The number of carbonyl (C=O) groups excluding carboxylic acids is 1. The van der Waals surface area contributed by atoms with Crippen LogP contribution in [0.25, 0.3) is 0 Å². The SMILES string of the molecule is CN(C)c1ccc(C(=O)Cc2cc(F)ccc2Br)cc1. The largest absolute Gasteiger partial charge is 0.378 e. The molecule has 0 aliphatic heterocycles. The third kappa shape index (κ3) is 3.45. The molecule has 20 heavy (non-hydrogen) atoms. The molecule has 0 radical (unpaired) electrons. The zero-order chi connectivity index (χ0) is 14.7. The van der Waals surface area contributed by atoms with Gasteiger partial charge < -0.3 is 4.90 Å². The Bertz CT molecular complexity index is 623. The van der Waals surface area contributed by atoms with Gasteiger partial charge in [0.2, 0.25) is 0 Å². The zero-order valence-electron chi connectivity index (χ0n) is 11.4. The van der Waals surface area contributed by atoms with Crippen molar-refractivity contribution in [3.05, 3.63) is 63.9 Å². The van der Waals surface area contributed by atoms with Crippen LogP contribution >= 0.6 is 15.9 Å². The van der Waals surface area contributed by atoms with Crippen molar-refractivity contribution < 1.29 is 9.18 Å². The van der Waals surface area contributed by atoms with Crippen LogP contribution in [0.2, 0.25) is 0 Å². The van der Waals surface area contributed by atoms with Gasteiger partial charge in [0.15, 0.2) is 5.78 Å². The molecule has 0 atom stereocenters. The predicted octanol–water partition coefficient (Wildman–Crippen LogP) is 4.08. The zero-order valence-corrected chi connectivity index (χ0v) is 12.9. The summed E-state index contributed by atoms with van der Waals surface area (Å²) in [5, 5.41) is 0. The lowest BCUT2D eigenvalue weighted by Gasteiger charge is -2.12. The second kappa shape index (κ2) is 6.18. The van der Waals surface area contributed by atoms with Crippen molar-refractivity contribution in [3.63, 3.8) is 0 Å². The van der Waals surface area contributed by atoms with Gasteiger partial charge in [-0.1, -0.05) is 15.9 Å². The Morgan fingerprint density at radius 3 is 2.40 bits per heavy atom. The van der Waals surface area contributed by atoms with Crippen molar-refractivity contribution >= 4 is 27.4 Å². The van der Waals surface area contributed by atoms with E-state index in [1.165, 1.54) is 12.1 Å². The maximum atomic E-state index is 13.2. The van der Waals surface area contributed by atoms with Gasteiger partial charge >= 0.3 is 0 Å². The fourth-order valence-corrected chi connectivity index (χ4v) is 2.29. The van der Waals surface area contributed by atoms with Crippen molar-refractivity contribution in [3.8, 4) is 0 Å². The summed E-state index contributed by atoms with van der Waals surface area (Å²) in [7, 11) is 3.89. The Balaban J connectivity index is 2.17. The van der Waals surface area contributed by atoms with E-state index in [1.807, 2.05) is 31.1 Å². The van der Waals surface area contributed by atoms with E-state index >= 15 is 0 Å². The molecular weight excluding hydrogens is 321 g/mol. The highest BCUT2D eigenvalue weighted by Crippen LogP contribution is 2.20. The van der Waals surface area contributed by atoms with E-state index in [0.717, 1.165) is 10.2 Å². The molecule has 0 saturated carbocycles. The number of hydrogen-bond donors (Lipinski definition) is 0. The first-order valence-electron chi connectivity index (χ1n) is 6.22. The van der Waals surface area contributed by atoms with Crippen LogP contribution in [-0.4, -0.2) is 19.9 Å². The average molecular weight is 336 g/mol. The van der Waals surface area contributed by atoms with Gasteiger partial charge in [0.05, 0.1) is 0 Å². The summed E-state index contributed by atoms with van der Waals surface area (Å²) >= 11 is 3.34. The minimum atomic E-state index is -0.334. The van der Waals surface area contributed by atoms with Crippen molar-refractivity contribution in [2.24, 2.45) is 0 Å². The van der Waals surface area contributed by atoms with Gasteiger partial charge in [-0.25, -0.2) is 4.39 Å². The van der Waals surface area contributed by atoms with Gasteiger partial charge in [-0.05, 0) is 48.0 Å². The van der Waals surface area contributed by atoms with Crippen LogP contribution in [0.3, 0.4) is 0 Å². The van der Waals surface area contributed by atoms with E-state index in [0.29, 0.717) is 11.1 Å². The molecule has 2 rings (SSSR count). The second-order valence-corrected chi connectivity index (χ2v) is 5.63. The molecule has 0 heterocycles. The van der Waals surface area contributed by atoms with E-state index in [2.05, 4.69) is 15.9 Å². The number of hydrogen-bond acceptors (Lipinski definition) is 2. The van der Waals surface area contributed by atoms with E-state index in [9.17, 15) is 9.18 Å². The number of rotatable bonds is 4. The summed E-state index contributed by atoms with van der Waals surface area (Å²) in [6.45, 7) is 0. The standard InChI is InChI=1S/C16H15BrFNO/c1-19(2)14-6-3-11(4-7-14)16(20)10-12-9-13(18)5-8-15(12)17/h3-9H,10H2,1-2H3. The molecule has 0 aromatic heterocycles. The van der Waals surface area contributed by atoms with E-state index in [-0.39, 0.29) is 18.0 Å². The Hall–Kier alpha value is -1.68. The Morgan fingerprint density at radius 1 is 1.15 bits per heavy atom. The maximum Gasteiger partial charge on any atom is 0.167 e. The minimum absolute atomic E-state index is 0.0263. The van der Waals surface area contributed by atoms with Gasteiger partial charge in [-0.3, -0.25) is 4.79 Å². The Labute approximate surface area is 126 Å². The van der Waals surface area contributed by atoms with Gasteiger partial charge in [-0.2, -0.15) is 0 Å². The van der Waals surface area contributed by atoms with Crippen molar-refractivity contribution in [2.75, 3.05) is 19.0 Å². The van der Waals surface area contributed by atoms with Crippen molar-refractivity contribution in [2.45, 2.75) is 6.42 Å². The van der Waals surface area contributed by atoms with E-state index in [4.69, 9.17) is 0 Å². The van der Waals surface area contributed by atoms with Crippen LogP contribution in [0.1, 0.15) is 15.9 Å². The second-order valence-electron chi connectivity index (χ2n) is 4.78. The van der Waals surface area contributed by atoms with Crippen LogP contribution in [0.15, 0.2) is 46.9 Å². The highest BCUT2D eigenvalue weighted by molar-refractivity contribution is 9.10. The van der Waals surface area contributed by atoms with E-state index < -0.39 is 0 Å². The summed E-state index contributed by atoms with van der Waals surface area (Å²) < 4.78 is 14.0. The molecule has 0 aliphatic carbocycles. The molecule has 0 unspecified atom stereocenters. The lowest BCUT2D eigenvalue weighted by Crippen LogP contribution is -2.09. The van der Waals surface area contributed by atoms with Gasteiger partial charge in [-0.15, -0.1) is 0 Å². The number of carbonyl (C=O) groups is 1. The lowest BCUT2D eigenvalue weighted by molar-refractivity contribution is 0.0993. The van der Waals surface area contributed by atoms with Gasteiger partial charge in [0, 0.05) is 36.2 Å². The molecule has 0 saturated heterocycles. The maximum absolute atomic E-state index is 13.2. The van der Waals surface area contributed by atoms with E-state index in [1.54, 1.807) is 18.2 Å². The number of ketones is 1. The summed E-state index contributed by atoms with van der Waals surface area (Å²) in [6.07, 6.45) is 0.180. The van der Waals surface area contributed by atoms with Crippen LogP contribution < -0.4 is 4.90 Å². The topological polar surface area (TPSA) is 20.3 Å². The quantitative estimate of drug-likeness (QED) is 0.784. The molecule has 0 amide bonds. The molecule has 0 bridgehead atoms. The first-order chi connectivity index (χ1) is 9.47. The Kier molecular flexibility index (Phi) is 4.55. The predicted molar refractivity (Wildman–Crippen MR) is 82.9 cm³/mol. The minimum Gasteiger partial charge on any atom is -0.378 e. The number of benzene rings is 2. The number of Topliss-reactive ketones (excluding diaryl/α,β-unsaturated/α-hetero) is 1. The first kappa shape index (κ1) is 14.7. The third-order valence-electron chi connectivity index (χ3n) is 3.06. The van der Waals surface area contributed by atoms with Crippen LogP contribution in [0, 0.1) is 5.82 Å². The summed E-state index contributed by atoms with van der Waals surface area (Å²) in [4.78, 5) is 14.2. The molecule has 0 aliphatic rings. The monoisotopic (exact) mass is 335 g/mol. The van der Waals surface area contributed by atoms with Crippen molar-refractivity contribution in [1.29, 1.82) is 0 Å². The third-order valence-corrected chi connectivity index (χ3v) is 3.84. The molecule has 4 heteroatoms. The fourth-order valence-electron chi connectivity index (χ4n) is 1.90. The van der Waals surface area contributed by atoms with Crippen molar-refractivity contribution in [1.82, 2.24) is 0 Å². The summed E-state index contributed by atoms with van der Waals surface area (Å²) in [5.74, 6) is -0.361. The summed E-state index contributed by atoms with van der Waals surface area (Å²) in [6, 6.07) is 11.8. The molecule has 0 N–H and O–H groups in total.